The van der Waals surface area contributed by atoms with Crippen LogP contribution in [0.3, 0.4) is 0 Å². The van der Waals surface area contributed by atoms with Gasteiger partial charge in [-0.15, -0.1) is 11.3 Å². The van der Waals surface area contributed by atoms with Gasteiger partial charge in [-0.25, -0.2) is 0 Å². The van der Waals surface area contributed by atoms with E-state index >= 15 is 0 Å². The third-order valence-corrected chi connectivity index (χ3v) is 10.9. The van der Waals surface area contributed by atoms with Crippen molar-refractivity contribution in [1.82, 2.24) is 4.57 Å². The van der Waals surface area contributed by atoms with Crippen LogP contribution >= 0.6 is 11.3 Å². The maximum Gasteiger partial charge on any atom is 0.0640 e. The summed E-state index contributed by atoms with van der Waals surface area (Å²) in [5.74, 6) is 0. The summed E-state index contributed by atoms with van der Waals surface area (Å²) >= 11 is 1.89. The van der Waals surface area contributed by atoms with E-state index in [2.05, 4.69) is 191 Å². The molecule has 49 heavy (non-hydrogen) atoms. The largest absolute Gasteiger partial charge is 0.309 e. The molecule has 0 unspecified atom stereocenters. The molecule has 0 aliphatic heterocycles. The molecule has 10 aromatic rings. The molecular weight excluding hydrogens is 613 g/mol. The van der Waals surface area contributed by atoms with E-state index in [9.17, 15) is 0 Å². The van der Waals surface area contributed by atoms with Gasteiger partial charge in [0.05, 0.1) is 27.1 Å². The second-order valence-electron chi connectivity index (χ2n) is 12.6. The minimum absolute atomic E-state index is 1.13. The Hall–Kier alpha value is -6.16. The van der Waals surface area contributed by atoms with Crippen molar-refractivity contribution in [2.75, 3.05) is 4.90 Å². The lowest BCUT2D eigenvalue weighted by Crippen LogP contribution is -2.10. The highest BCUT2D eigenvalue weighted by molar-refractivity contribution is 7.26. The van der Waals surface area contributed by atoms with Crippen molar-refractivity contribution in [2.24, 2.45) is 0 Å². The van der Waals surface area contributed by atoms with Crippen LogP contribution in [-0.4, -0.2) is 4.57 Å². The van der Waals surface area contributed by atoms with E-state index in [1.165, 1.54) is 69.6 Å². The molecule has 0 atom stereocenters. The van der Waals surface area contributed by atoms with Gasteiger partial charge in [0.1, 0.15) is 0 Å². The Morgan fingerprint density at radius 3 is 1.92 bits per heavy atom. The quantitative estimate of drug-likeness (QED) is 0.181. The van der Waals surface area contributed by atoms with Gasteiger partial charge < -0.3 is 9.47 Å². The molecule has 0 radical (unpaired) electrons. The van der Waals surface area contributed by atoms with E-state index in [4.69, 9.17) is 0 Å². The minimum Gasteiger partial charge on any atom is -0.309 e. The van der Waals surface area contributed by atoms with Gasteiger partial charge in [0.2, 0.25) is 0 Å². The van der Waals surface area contributed by atoms with E-state index < -0.39 is 0 Å². The summed E-state index contributed by atoms with van der Waals surface area (Å²) in [6, 6.07) is 66.2. The second-order valence-corrected chi connectivity index (χ2v) is 13.6. The van der Waals surface area contributed by atoms with E-state index in [1.807, 2.05) is 11.3 Å². The van der Waals surface area contributed by atoms with E-state index in [1.54, 1.807) is 0 Å². The van der Waals surface area contributed by atoms with Crippen molar-refractivity contribution >= 4 is 81.1 Å². The summed E-state index contributed by atoms with van der Waals surface area (Å²) in [6.07, 6.45) is 0. The molecule has 3 heteroatoms. The predicted molar refractivity (Wildman–Crippen MR) is 211 cm³/mol. The number of benzene rings is 8. The van der Waals surface area contributed by atoms with Crippen molar-refractivity contribution in [3.8, 4) is 16.8 Å². The topological polar surface area (TPSA) is 8.17 Å². The van der Waals surface area contributed by atoms with Crippen molar-refractivity contribution in [3.05, 3.63) is 182 Å². The summed E-state index contributed by atoms with van der Waals surface area (Å²) in [7, 11) is 0. The Bertz CT molecular complexity index is 2830. The highest BCUT2D eigenvalue weighted by atomic mass is 32.1. The van der Waals surface area contributed by atoms with Crippen molar-refractivity contribution < 1.29 is 0 Å². The molecule has 0 N–H and O–H groups in total. The van der Waals surface area contributed by atoms with Gasteiger partial charge in [-0.05, 0) is 82.6 Å². The fourth-order valence-electron chi connectivity index (χ4n) is 7.55. The standard InChI is InChI=1S/C46H30N2S/c1-3-14-31(15-4-1)32-18-11-21-36(28-32)48(43-27-12-23-37-39-29-33-16-7-8-17-34(33)30-44(39)49-46(37)43)42-26-13-25-41-45(42)38-22-9-10-24-40(38)47(41)35-19-5-2-6-20-35/h1-30H. The van der Waals surface area contributed by atoms with Crippen LogP contribution in [0, 0.1) is 0 Å². The zero-order chi connectivity index (χ0) is 32.3. The summed E-state index contributed by atoms with van der Waals surface area (Å²) in [5.41, 5.74) is 9.39. The zero-order valence-corrected chi connectivity index (χ0v) is 27.4. The number of thiophene rings is 1. The van der Waals surface area contributed by atoms with Gasteiger partial charge >= 0.3 is 0 Å². The van der Waals surface area contributed by atoms with Crippen LogP contribution in [0.1, 0.15) is 0 Å². The Labute approximate surface area is 288 Å². The van der Waals surface area contributed by atoms with Crippen LogP contribution in [0.5, 0.6) is 0 Å². The second kappa shape index (κ2) is 11.2. The first kappa shape index (κ1) is 27.9. The predicted octanol–water partition coefficient (Wildman–Crippen LogP) is 13.4. The third kappa shape index (κ3) is 4.47. The lowest BCUT2D eigenvalue weighted by atomic mass is 10.0. The van der Waals surface area contributed by atoms with Crippen LogP contribution in [-0.2, 0) is 0 Å². The lowest BCUT2D eigenvalue weighted by molar-refractivity contribution is 1.18. The molecule has 0 spiro atoms. The average molecular weight is 643 g/mol. The smallest absolute Gasteiger partial charge is 0.0640 e. The summed E-state index contributed by atoms with van der Waals surface area (Å²) in [5, 5.41) is 7.59. The first-order chi connectivity index (χ1) is 24.3. The molecule has 0 amide bonds. The molecule has 2 nitrogen and oxygen atoms in total. The highest BCUT2D eigenvalue weighted by Crippen LogP contribution is 2.49. The number of hydrogen-bond acceptors (Lipinski definition) is 2. The first-order valence-electron chi connectivity index (χ1n) is 16.7. The summed E-state index contributed by atoms with van der Waals surface area (Å²) in [4.78, 5) is 2.49. The van der Waals surface area contributed by atoms with Crippen molar-refractivity contribution in [3.63, 3.8) is 0 Å². The molecular formula is C46H30N2S. The average Bonchev–Trinajstić information content (AvgIpc) is 3.71. The molecule has 8 aromatic carbocycles. The Morgan fingerprint density at radius 1 is 0.429 bits per heavy atom. The molecule has 0 saturated carbocycles. The first-order valence-corrected chi connectivity index (χ1v) is 17.5. The molecule has 0 aliphatic carbocycles. The molecule has 0 aliphatic rings. The Kier molecular flexibility index (Phi) is 6.39. The molecule has 2 heterocycles. The molecule has 0 saturated heterocycles. The summed E-state index contributed by atoms with van der Waals surface area (Å²) < 4.78 is 4.98. The number of nitrogens with zero attached hydrogens (tertiary/aromatic N) is 2. The number of hydrogen-bond donors (Lipinski definition) is 0. The van der Waals surface area contributed by atoms with Gasteiger partial charge in [-0.3, -0.25) is 0 Å². The summed E-state index contributed by atoms with van der Waals surface area (Å²) in [6.45, 7) is 0. The SMILES string of the molecule is c1ccc(-c2cccc(N(c3cccc4c3sc3cc5ccccc5cc34)c3cccc4c3c3ccccc3n4-c3ccccc3)c2)cc1. The fraction of sp³-hybridized carbons (Fsp3) is 0. The number of aromatic nitrogens is 1. The Balaban J connectivity index is 1.30. The van der Waals surface area contributed by atoms with Crippen molar-refractivity contribution in [2.45, 2.75) is 0 Å². The lowest BCUT2D eigenvalue weighted by Gasteiger charge is -2.27. The normalized spacial score (nSPS) is 11.7. The fourth-order valence-corrected chi connectivity index (χ4v) is 8.79. The van der Waals surface area contributed by atoms with Crippen LogP contribution < -0.4 is 4.90 Å². The van der Waals surface area contributed by atoms with Gasteiger partial charge in [0, 0.05) is 37.6 Å². The van der Waals surface area contributed by atoms with Gasteiger partial charge in [0.15, 0.2) is 0 Å². The minimum atomic E-state index is 1.13. The van der Waals surface area contributed by atoms with E-state index in [0.717, 1.165) is 17.1 Å². The van der Waals surface area contributed by atoms with Gasteiger partial charge in [0.25, 0.3) is 0 Å². The molecule has 0 fully saturated rings. The zero-order valence-electron chi connectivity index (χ0n) is 26.6. The van der Waals surface area contributed by atoms with Crippen LogP contribution in [0.25, 0.3) is 69.6 Å². The maximum absolute atomic E-state index is 2.49. The van der Waals surface area contributed by atoms with E-state index in [0.29, 0.717) is 0 Å². The number of para-hydroxylation sites is 2. The molecule has 0 bridgehead atoms. The van der Waals surface area contributed by atoms with Crippen molar-refractivity contribution in [1.29, 1.82) is 0 Å². The molecule has 230 valence electrons. The van der Waals surface area contributed by atoms with Gasteiger partial charge in [-0.2, -0.15) is 0 Å². The highest BCUT2D eigenvalue weighted by Gasteiger charge is 2.23. The molecule has 2 aromatic heterocycles. The molecule has 10 rings (SSSR count). The van der Waals surface area contributed by atoms with E-state index in [-0.39, 0.29) is 0 Å². The maximum atomic E-state index is 2.49. The number of anilines is 3. The third-order valence-electron chi connectivity index (χ3n) is 9.73. The van der Waals surface area contributed by atoms with Crippen LogP contribution in [0.15, 0.2) is 182 Å². The number of rotatable bonds is 5. The van der Waals surface area contributed by atoms with Crippen LogP contribution in [0.4, 0.5) is 17.1 Å². The van der Waals surface area contributed by atoms with Crippen LogP contribution in [0.2, 0.25) is 0 Å². The number of fused-ring (bicyclic) bond motifs is 7. The monoisotopic (exact) mass is 642 g/mol. The Morgan fingerprint density at radius 2 is 1.06 bits per heavy atom. The van der Waals surface area contributed by atoms with Gasteiger partial charge in [-0.1, -0.05) is 121 Å².